The lowest BCUT2D eigenvalue weighted by Gasteiger charge is -2.10. The molecule has 0 spiro atoms. The van der Waals surface area contributed by atoms with Crippen LogP contribution in [0.5, 0.6) is 0 Å². The van der Waals surface area contributed by atoms with E-state index >= 15 is 0 Å². The SMILES string of the molecule is C[C@@H](CO)NC(=O)NCCO. The lowest BCUT2D eigenvalue weighted by atomic mass is 10.4. The Kier molecular flexibility index (Phi) is 5.50. The van der Waals surface area contributed by atoms with Crippen molar-refractivity contribution < 1.29 is 15.0 Å². The molecule has 66 valence electrons. The highest BCUT2D eigenvalue weighted by Crippen LogP contribution is 1.76. The summed E-state index contributed by atoms with van der Waals surface area (Å²) in [5, 5.41) is 21.7. The Hall–Kier alpha value is -0.810. The maximum Gasteiger partial charge on any atom is 0.315 e. The van der Waals surface area contributed by atoms with Gasteiger partial charge in [-0.2, -0.15) is 0 Å². The van der Waals surface area contributed by atoms with Crippen LogP contribution in [0.15, 0.2) is 0 Å². The lowest BCUT2D eigenvalue weighted by molar-refractivity contribution is 0.216. The molecule has 0 radical (unpaired) electrons. The number of urea groups is 1. The molecule has 0 saturated heterocycles. The van der Waals surface area contributed by atoms with E-state index in [0.717, 1.165) is 0 Å². The van der Waals surface area contributed by atoms with Crippen molar-refractivity contribution in [3.63, 3.8) is 0 Å². The summed E-state index contributed by atoms with van der Waals surface area (Å²) in [5.41, 5.74) is 0. The quantitative estimate of drug-likeness (QED) is 0.413. The number of hydrogen-bond donors (Lipinski definition) is 4. The van der Waals surface area contributed by atoms with Crippen LogP contribution in [0.4, 0.5) is 4.79 Å². The van der Waals surface area contributed by atoms with Crippen molar-refractivity contribution in [1.82, 2.24) is 10.6 Å². The molecule has 0 bridgehead atoms. The minimum atomic E-state index is -0.374. The zero-order valence-corrected chi connectivity index (χ0v) is 6.50. The second-order valence-electron chi connectivity index (χ2n) is 2.21. The van der Waals surface area contributed by atoms with Gasteiger partial charge in [0, 0.05) is 6.54 Å². The topological polar surface area (TPSA) is 81.6 Å². The van der Waals surface area contributed by atoms with Gasteiger partial charge in [-0.25, -0.2) is 4.79 Å². The average Bonchev–Trinajstić information content (AvgIpc) is 2.00. The molecule has 4 N–H and O–H groups in total. The molecule has 0 aliphatic rings. The summed E-state index contributed by atoms with van der Waals surface area (Å²) in [6.45, 7) is 1.73. The predicted molar refractivity (Wildman–Crippen MR) is 40.2 cm³/mol. The highest BCUT2D eigenvalue weighted by atomic mass is 16.3. The van der Waals surface area contributed by atoms with Crippen molar-refractivity contribution in [2.45, 2.75) is 13.0 Å². The summed E-state index contributed by atoms with van der Waals surface area (Å²) in [7, 11) is 0. The van der Waals surface area contributed by atoms with Gasteiger partial charge in [-0.1, -0.05) is 0 Å². The van der Waals surface area contributed by atoms with Crippen LogP contribution in [0.2, 0.25) is 0 Å². The smallest absolute Gasteiger partial charge is 0.315 e. The Bertz CT molecular complexity index is 118. The molecule has 0 unspecified atom stereocenters. The number of aliphatic hydroxyl groups excluding tert-OH is 2. The maximum absolute atomic E-state index is 10.7. The normalized spacial score (nSPS) is 12.3. The van der Waals surface area contributed by atoms with Crippen LogP contribution in [0.1, 0.15) is 6.92 Å². The third kappa shape index (κ3) is 5.63. The first-order valence-corrected chi connectivity index (χ1v) is 3.46. The second-order valence-corrected chi connectivity index (χ2v) is 2.21. The first-order valence-electron chi connectivity index (χ1n) is 3.46. The Morgan fingerprint density at radius 1 is 1.55 bits per heavy atom. The van der Waals surface area contributed by atoms with Crippen LogP contribution in [-0.2, 0) is 0 Å². The second kappa shape index (κ2) is 5.94. The van der Waals surface area contributed by atoms with Gasteiger partial charge in [-0.3, -0.25) is 0 Å². The fraction of sp³-hybridized carbons (Fsp3) is 0.833. The standard InChI is InChI=1S/C6H14N2O3/c1-5(4-10)8-6(11)7-2-3-9/h5,9-10H,2-4H2,1H3,(H2,7,8,11)/t5-/m0/s1. The fourth-order valence-corrected chi connectivity index (χ4v) is 0.490. The van der Waals surface area contributed by atoms with Crippen molar-refractivity contribution in [2.24, 2.45) is 0 Å². The monoisotopic (exact) mass is 162 g/mol. The third-order valence-corrected chi connectivity index (χ3v) is 1.05. The van der Waals surface area contributed by atoms with E-state index in [1.54, 1.807) is 6.92 Å². The summed E-state index contributed by atoms with van der Waals surface area (Å²) in [6, 6.07) is -0.630. The Labute approximate surface area is 65.4 Å². The minimum Gasteiger partial charge on any atom is -0.395 e. The van der Waals surface area contributed by atoms with Gasteiger partial charge < -0.3 is 20.8 Å². The van der Waals surface area contributed by atoms with Crippen LogP contribution >= 0.6 is 0 Å². The highest BCUT2D eigenvalue weighted by Gasteiger charge is 2.03. The number of rotatable bonds is 4. The first kappa shape index (κ1) is 10.2. The van der Waals surface area contributed by atoms with Crippen molar-refractivity contribution >= 4 is 6.03 Å². The molecule has 1 atom stereocenters. The molecule has 0 rings (SSSR count). The number of nitrogens with one attached hydrogen (secondary N) is 2. The van der Waals surface area contributed by atoms with Gasteiger partial charge in [0.25, 0.3) is 0 Å². The zero-order chi connectivity index (χ0) is 8.69. The first-order chi connectivity index (χ1) is 5.20. The number of carbonyl (C=O) groups excluding carboxylic acids is 1. The number of carbonyl (C=O) groups is 1. The molecule has 5 heteroatoms. The van der Waals surface area contributed by atoms with E-state index in [4.69, 9.17) is 10.2 Å². The summed E-state index contributed by atoms with van der Waals surface area (Å²) in [6.07, 6.45) is 0. The summed E-state index contributed by atoms with van der Waals surface area (Å²) in [4.78, 5) is 10.7. The average molecular weight is 162 g/mol. The maximum atomic E-state index is 10.7. The number of hydrogen-bond acceptors (Lipinski definition) is 3. The van der Waals surface area contributed by atoms with Gasteiger partial charge in [0.2, 0.25) is 0 Å². The number of aliphatic hydroxyl groups is 2. The van der Waals surface area contributed by atoms with Gasteiger partial charge in [0.15, 0.2) is 0 Å². The molecule has 11 heavy (non-hydrogen) atoms. The Balaban J connectivity index is 3.36. The van der Waals surface area contributed by atoms with Gasteiger partial charge in [-0.05, 0) is 6.92 Å². The van der Waals surface area contributed by atoms with E-state index in [0.29, 0.717) is 0 Å². The molecule has 2 amide bonds. The Morgan fingerprint density at radius 2 is 2.18 bits per heavy atom. The molecule has 0 aromatic carbocycles. The van der Waals surface area contributed by atoms with Crippen LogP contribution in [-0.4, -0.2) is 42.0 Å². The van der Waals surface area contributed by atoms with Crippen LogP contribution in [0.25, 0.3) is 0 Å². The zero-order valence-electron chi connectivity index (χ0n) is 6.50. The minimum absolute atomic E-state index is 0.0824. The molecular weight excluding hydrogens is 148 g/mol. The third-order valence-electron chi connectivity index (χ3n) is 1.05. The Morgan fingerprint density at radius 3 is 2.64 bits per heavy atom. The summed E-state index contributed by atoms with van der Waals surface area (Å²) < 4.78 is 0. The van der Waals surface area contributed by atoms with Crippen LogP contribution < -0.4 is 10.6 Å². The van der Waals surface area contributed by atoms with E-state index in [9.17, 15) is 4.79 Å². The predicted octanol–water partition coefficient (Wildman–Crippen LogP) is -1.34. The van der Waals surface area contributed by atoms with Gasteiger partial charge in [0.05, 0.1) is 19.3 Å². The molecule has 0 aromatic heterocycles. The fourth-order valence-electron chi connectivity index (χ4n) is 0.490. The van der Waals surface area contributed by atoms with E-state index < -0.39 is 0 Å². The van der Waals surface area contributed by atoms with E-state index in [2.05, 4.69) is 10.6 Å². The van der Waals surface area contributed by atoms with Gasteiger partial charge >= 0.3 is 6.03 Å². The molecule has 0 fully saturated rings. The summed E-state index contributed by atoms with van der Waals surface area (Å²) >= 11 is 0. The van der Waals surface area contributed by atoms with E-state index in [1.165, 1.54) is 0 Å². The van der Waals surface area contributed by atoms with E-state index in [-0.39, 0.29) is 31.8 Å². The van der Waals surface area contributed by atoms with Gasteiger partial charge in [0.1, 0.15) is 0 Å². The molecule has 0 aromatic rings. The van der Waals surface area contributed by atoms with Crippen molar-refractivity contribution in [3.8, 4) is 0 Å². The van der Waals surface area contributed by atoms with Crippen LogP contribution in [0, 0.1) is 0 Å². The van der Waals surface area contributed by atoms with Crippen LogP contribution in [0.3, 0.4) is 0 Å². The molecular formula is C6H14N2O3. The van der Waals surface area contributed by atoms with Crippen molar-refractivity contribution in [2.75, 3.05) is 19.8 Å². The molecule has 0 aliphatic carbocycles. The van der Waals surface area contributed by atoms with E-state index in [1.807, 2.05) is 0 Å². The van der Waals surface area contributed by atoms with Crippen molar-refractivity contribution in [1.29, 1.82) is 0 Å². The molecule has 0 heterocycles. The molecule has 0 aliphatic heterocycles. The van der Waals surface area contributed by atoms with Crippen molar-refractivity contribution in [3.05, 3.63) is 0 Å². The lowest BCUT2D eigenvalue weighted by Crippen LogP contribution is -2.43. The van der Waals surface area contributed by atoms with Gasteiger partial charge in [-0.15, -0.1) is 0 Å². The molecule has 0 saturated carbocycles. The molecule has 5 nitrogen and oxygen atoms in total. The summed E-state index contributed by atoms with van der Waals surface area (Å²) in [5.74, 6) is 0. The number of amides is 2. The largest absolute Gasteiger partial charge is 0.395 e. The highest BCUT2D eigenvalue weighted by molar-refractivity contribution is 5.74.